The highest BCUT2D eigenvalue weighted by Gasteiger charge is 2.22. The summed E-state index contributed by atoms with van der Waals surface area (Å²) in [6.07, 6.45) is 0. The van der Waals surface area contributed by atoms with Crippen molar-refractivity contribution in [3.63, 3.8) is 0 Å². The van der Waals surface area contributed by atoms with Gasteiger partial charge in [-0.15, -0.1) is 0 Å². The number of hydrogen-bond donors (Lipinski definition) is 0. The lowest BCUT2D eigenvalue weighted by Crippen LogP contribution is -2.27. The average molecular weight is 173 g/mol. The lowest BCUT2D eigenvalue weighted by Gasteiger charge is -2.17. The second-order valence-electron chi connectivity index (χ2n) is 4.19. The van der Waals surface area contributed by atoms with E-state index in [1.54, 1.807) is 0 Å². The number of carbonyl (C=O) groups excluding carboxylic acids is 1. The van der Waals surface area contributed by atoms with Crippen LogP contribution in [0.25, 0.3) is 0 Å². The Morgan fingerprint density at radius 1 is 1.33 bits per heavy atom. The quantitative estimate of drug-likeness (QED) is 0.599. The van der Waals surface area contributed by atoms with Crippen LogP contribution in [0.2, 0.25) is 0 Å². The summed E-state index contributed by atoms with van der Waals surface area (Å²) in [5.74, 6) is -0.135. The molecular formula is C9H19NO2. The third-order valence-corrected chi connectivity index (χ3v) is 1.38. The Morgan fingerprint density at radius 3 is 2.17 bits per heavy atom. The molecule has 0 unspecified atom stereocenters. The number of nitrogens with zero attached hydrogens (tertiary/aromatic N) is 1. The van der Waals surface area contributed by atoms with Gasteiger partial charge in [0.05, 0.1) is 5.41 Å². The van der Waals surface area contributed by atoms with E-state index >= 15 is 0 Å². The standard InChI is InChI=1S/C9H19NO2/c1-9(2,3)8(11)12-7-6-10(4)5/h6-7H2,1-5H3. The molecule has 0 aliphatic carbocycles. The fraction of sp³-hybridized carbons (Fsp3) is 0.889. The molecule has 0 aromatic rings. The van der Waals surface area contributed by atoms with Crippen molar-refractivity contribution < 1.29 is 9.53 Å². The predicted molar refractivity (Wildman–Crippen MR) is 49.0 cm³/mol. The smallest absolute Gasteiger partial charge is 0.311 e. The number of likely N-dealkylation sites (N-methyl/N-ethyl adjacent to an activating group) is 1. The van der Waals surface area contributed by atoms with Crippen LogP contribution in [0, 0.1) is 5.41 Å². The molecule has 0 aromatic heterocycles. The van der Waals surface area contributed by atoms with Gasteiger partial charge >= 0.3 is 5.97 Å². The topological polar surface area (TPSA) is 29.5 Å². The van der Waals surface area contributed by atoms with Crippen LogP contribution in [-0.2, 0) is 9.53 Å². The molecule has 0 aliphatic heterocycles. The molecule has 0 amide bonds. The summed E-state index contributed by atoms with van der Waals surface area (Å²) in [6.45, 7) is 6.81. The van der Waals surface area contributed by atoms with Crippen LogP contribution in [0.4, 0.5) is 0 Å². The van der Waals surface area contributed by atoms with Gasteiger partial charge in [-0.1, -0.05) is 0 Å². The third kappa shape index (κ3) is 5.13. The first-order chi connectivity index (χ1) is 5.34. The van der Waals surface area contributed by atoms with Crippen molar-refractivity contribution in [2.24, 2.45) is 5.41 Å². The Kier molecular flexibility index (Phi) is 4.24. The van der Waals surface area contributed by atoms with E-state index in [4.69, 9.17) is 4.74 Å². The first-order valence-electron chi connectivity index (χ1n) is 4.16. The maximum Gasteiger partial charge on any atom is 0.311 e. The highest BCUT2D eigenvalue weighted by Crippen LogP contribution is 2.14. The van der Waals surface area contributed by atoms with E-state index in [-0.39, 0.29) is 11.4 Å². The molecule has 3 nitrogen and oxygen atoms in total. The first kappa shape index (κ1) is 11.4. The minimum Gasteiger partial charge on any atom is -0.464 e. The van der Waals surface area contributed by atoms with E-state index in [0.29, 0.717) is 6.61 Å². The van der Waals surface area contributed by atoms with E-state index < -0.39 is 0 Å². The molecule has 12 heavy (non-hydrogen) atoms. The molecule has 0 bridgehead atoms. The van der Waals surface area contributed by atoms with Crippen LogP contribution in [0.1, 0.15) is 20.8 Å². The molecule has 0 aromatic carbocycles. The Morgan fingerprint density at radius 2 is 1.83 bits per heavy atom. The summed E-state index contributed by atoms with van der Waals surface area (Å²) in [7, 11) is 3.90. The second-order valence-corrected chi connectivity index (χ2v) is 4.19. The van der Waals surface area contributed by atoms with Gasteiger partial charge in [0.25, 0.3) is 0 Å². The van der Waals surface area contributed by atoms with E-state index in [2.05, 4.69) is 0 Å². The zero-order chi connectivity index (χ0) is 9.78. The normalized spacial score (nSPS) is 11.8. The lowest BCUT2D eigenvalue weighted by atomic mass is 9.97. The van der Waals surface area contributed by atoms with Gasteiger partial charge in [-0.25, -0.2) is 0 Å². The average Bonchev–Trinajstić information content (AvgIpc) is 1.84. The molecule has 0 rings (SSSR count). The molecular weight excluding hydrogens is 154 g/mol. The van der Waals surface area contributed by atoms with Crippen LogP contribution in [0.5, 0.6) is 0 Å². The summed E-state index contributed by atoms with van der Waals surface area (Å²) >= 11 is 0. The van der Waals surface area contributed by atoms with E-state index in [0.717, 1.165) is 6.54 Å². The van der Waals surface area contributed by atoms with E-state index in [9.17, 15) is 4.79 Å². The Labute approximate surface area is 74.7 Å². The number of rotatable bonds is 3. The van der Waals surface area contributed by atoms with E-state index in [1.165, 1.54) is 0 Å². The predicted octanol–water partition coefficient (Wildman–Crippen LogP) is 1.14. The minimum absolute atomic E-state index is 0.135. The van der Waals surface area contributed by atoms with Crippen molar-refractivity contribution >= 4 is 5.97 Å². The molecule has 0 fully saturated rings. The molecule has 0 radical (unpaired) electrons. The zero-order valence-electron chi connectivity index (χ0n) is 8.68. The Hall–Kier alpha value is -0.570. The number of hydrogen-bond acceptors (Lipinski definition) is 3. The maximum atomic E-state index is 11.2. The summed E-state index contributed by atoms with van der Waals surface area (Å²) in [4.78, 5) is 13.2. The van der Waals surface area contributed by atoms with Crippen LogP contribution in [0.15, 0.2) is 0 Å². The van der Waals surface area contributed by atoms with Crippen LogP contribution >= 0.6 is 0 Å². The van der Waals surface area contributed by atoms with Crippen molar-refractivity contribution in [2.45, 2.75) is 20.8 Å². The molecule has 3 heteroatoms. The molecule has 0 N–H and O–H groups in total. The first-order valence-corrected chi connectivity index (χ1v) is 4.16. The molecule has 0 spiro atoms. The highest BCUT2D eigenvalue weighted by molar-refractivity contribution is 5.75. The van der Waals surface area contributed by atoms with Crippen molar-refractivity contribution in [2.75, 3.05) is 27.2 Å². The van der Waals surface area contributed by atoms with Crippen molar-refractivity contribution in [1.29, 1.82) is 0 Å². The van der Waals surface area contributed by atoms with Crippen LogP contribution in [0.3, 0.4) is 0 Å². The Bertz CT molecular complexity index is 147. The van der Waals surface area contributed by atoms with Gasteiger partial charge in [0.15, 0.2) is 0 Å². The number of carbonyl (C=O) groups is 1. The van der Waals surface area contributed by atoms with Gasteiger partial charge < -0.3 is 9.64 Å². The SMILES string of the molecule is CN(C)CCOC(=O)C(C)(C)C. The molecule has 0 atom stereocenters. The van der Waals surface area contributed by atoms with Gasteiger partial charge in [0, 0.05) is 6.54 Å². The summed E-state index contributed by atoms with van der Waals surface area (Å²) in [5, 5.41) is 0. The molecule has 0 saturated carbocycles. The second kappa shape index (κ2) is 4.45. The molecule has 0 aliphatic rings. The van der Waals surface area contributed by atoms with Crippen molar-refractivity contribution in [3.05, 3.63) is 0 Å². The molecule has 0 saturated heterocycles. The lowest BCUT2D eigenvalue weighted by molar-refractivity contribution is -0.153. The van der Waals surface area contributed by atoms with Crippen molar-refractivity contribution in [3.8, 4) is 0 Å². The van der Waals surface area contributed by atoms with E-state index in [1.807, 2.05) is 39.8 Å². The molecule has 72 valence electrons. The van der Waals surface area contributed by atoms with Crippen LogP contribution < -0.4 is 0 Å². The Balaban J connectivity index is 3.59. The van der Waals surface area contributed by atoms with Gasteiger partial charge in [-0.05, 0) is 34.9 Å². The van der Waals surface area contributed by atoms with Gasteiger partial charge in [-0.2, -0.15) is 0 Å². The van der Waals surface area contributed by atoms with Gasteiger partial charge in [-0.3, -0.25) is 4.79 Å². The fourth-order valence-corrected chi connectivity index (χ4v) is 0.537. The monoisotopic (exact) mass is 173 g/mol. The third-order valence-electron chi connectivity index (χ3n) is 1.38. The minimum atomic E-state index is -0.383. The van der Waals surface area contributed by atoms with Gasteiger partial charge in [0.1, 0.15) is 6.61 Å². The zero-order valence-corrected chi connectivity index (χ0v) is 8.68. The van der Waals surface area contributed by atoms with Crippen LogP contribution in [-0.4, -0.2) is 38.1 Å². The summed E-state index contributed by atoms with van der Waals surface area (Å²) < 4.78 is 5.04. The number of ether oxygens (including phenoxy) is 1. The highest BCUT2D eigenvalue weighted by atomic mass is 16.5. The number of esters is 1. The maximum absolute atomic E-state index is 11.2. The summed E-state index contributed by atoms with van der Waals surface area (Å²) in [6, 6.07) is 0. The largest absolute Gasteiger partial charge is 0.464 e. The molecule has 0 heterocycles. The van der Waals surface area contributed by atoms with Gasteiger partial charge in [0.2, 0.25) is 0 Å². The summed E-state index contributed by atoms with van der Waals surface area (Å²) in [5.41, 5.74) is -0.383. The van der Waals surface area contributed by atoms with Crippen molar-refractivity contribution in [1.82, 2.24) is 4.90 Å². The fourth-order valence-electron chi connectivity index (χ4n) is 0.537.